The van der Waals surface area contributed by atoms with E-state index in [-0.39, 0.29) is 5.41 Å². The van der Waals surface area contributed by atoms with Crippen LogP contribution in [0.15, 0.2) is 0 Å². The lowest BCUT2D eigenvalue weighted by Crippen LogP contribution is -2.49. The molecule has 1 aliphatic rings. The Morgan fingerprint density at radius 3 is 2.64 bits per heavy atom. The normalized spacial score (nSPS) is 20.0. The molecule has 0 aliphatic carbocycles. The van der Waals surface area contributed by atoms with Crippen molar-refractivity contribution in [3.63, 3.8) is 0 Å². The van der Waals surface area contributed by atoms with Crippen molar-refractivity contribution in [3.8, 4) is 12.5 Å². The minimum absolute atomic E-state index is 0.0150. The van der Waals surface area contributed by atoms with Crippen molar-refractivity contribution in [1.29, 1.82) is 0 Å². The molecule has 1 heterocycles. The average molecular weight is 156 g/mol. The first-order chi connectivity index (χ1) is 5.33. The fourth-order valence-electron chi connectivity index (χ4n) is 1.10. The number of terminal acetylenes is 1. The third kappa shape index (κ3) is 1.86. The molecule has 0 N–H and O–H groups in total. The van der Waals surface area contributed by atoms with Crippen LogP contribution in [0.5, 0.6) is 0 Å². The van der Waals surface area contributed by atoms with Gasteiger partial charge in [-0.1, -0.05) is 6.42 Å². The van der Waals surface area contributed by atoms with E-state index in [4.69, 9.17) is 20.6 Å². The molecule has 11 heavy (non-hydrogen) atoms. The molecule has 1 fully saturated rings. The standard InChI is InChI=1S/C8H12O3/c1-3-10-5-8(4-9-2)6-11-7-8/h1H,4-7H2,2H3. The Hall–Kier alpha value is -0.720. The molecule has 1 aliphatic heterocycles. The molecule has 0 spiro atoms. The number of hydrogen-bond donors (Lipinski definition) is 0. The molecule has 0 saturated carbocycles. The summed E-state index contributed by atoms with van der Waals surface area (Å²) >= 11 is 0. The van der Waals surface area contributed by atoms with Crippen LogP contribution in [0.25, 0.3) is 0 Å². The third-order valence-corrected chi connectivity index (χ3v) is 1.73. The first kappa shape index (κ1) is 8.38. The minimum Gasteiger partial charge on any atom is -0.446 e. The van der Waals surface area contributed by atoms with E-state index in [2.05, 4.69) is 6.11 Å². The van der Waals surface area contributed by atoms with Gasteiger partial charge >= 0.3 is 0 Å². The molecular weight excluding hydrogens is 144 g/mol. The van der Waals surface area contributed by atoms with Crippen molar-refractivity contribution in [2.24, 2.45) is 5.41 Å². The van der Waals surface area contributed by atoms with E-state index in [9.17, 15) is 0 Å². The van der Waals surface area contributed by atoms with Crippen LogP contribution in [0.4, 0.5) is 0 Å². The van der Waals surface area contributed by atoms with Gasteiger partial charge in [0, 0.05) is 7.11 Å². The van der Waals surface area contributed by atoms with E-state index in [1.54, 1.807) is 7.11 Å². The topological polar surface area (TPSA) is 27.7 Å². The summed E-state index contributed by atoms with van der Waals surface area (Å²) in [6.07, 6.45) is 7.10. The van der Waals surface area contributed by atoms with Gasteiger partial charge in [-0.25, -0.2) is 0 Å². The van der Waals surface area contributed by atoms with Gasteiger partial charge in [0.25, 0.3) is 0 Å². The van der Waals surface area contributed by atoms with Gasteiger partial charge < -0.3 is 14.2 Å². The Morgan fingerprint density at radius 1 is 1.55 bits per heavy atom. The zero-order chi connectivity index (χ0) is 8.16. The van der Waals surface area contributed by atoms with Crippen LogP contribution in [-0.2, 0) is 14.2 Å². The van der Waals surface area contributed by atoms with Gasteiger partial charge in [0.15, 0.2) is 0 Å². The van der Waals surface area contributed by atoms with Crippen molar-refractivity contribution in [3.05, 3.63) is 0 Å². The second-order valence-corrected chi connectivity index (χ2v) is 2.83. The summed E-state index contributed by atoms with van der Waals surface area (Å²) in [6, 6.07) is 0. The largest absolute Gasteiger partial charge is 0.446 e. The molecule has 0 aromatic carbocycles. The monoisotopic (exact) mass is 156 g/mol. The van der Waals surface area contributed by atoms with Crippen molar-refractivity contribution < 1.29 is 14.2 Å². The lowest BCUT2D eigenvalue weighted by atomic mass is 9.88. The number of hydrogen-bond acceptors (Lipinski definition) is 3. The zero-order valence-corrected chi connectivity index (χ0v) is 6.63. The van der Waals surface area contributed by atoms with Crippen molar-refractivity contribution >= 4 is 0 Å². The molecule has 1 rings (SSSR count). The molecule has 62 valence electrons. The van der Waals surface area contributed by atoms with E-state index in [0.717, 1.165) is 0 Å². The number of ether oxygens (including phenoxy) is 3. The maximum atomic E-state index is 5.06. The van der Waals surface area contributed by atoms with Gasteiger partial charge in [-0.05, 0) is 0 Å². The van der Waals surface area contributed by atoms with E-state index in [1.807, 2.05) is 0 Å². The summed E-state index contributed by atoms with van der Waals surface area (Å²) in [6.45, 7) is 2.54. The molecule has 0 aromatic rings. The Bertz CT molecular complexity index is 155. The molecule has 0 amide bonds. The van der Waals surface area contributed by atoms with Gasteiger partial charge in [-0.3, -0.25) is 0 Å². The van der Waals surface area contributed by atoms with Crippen LogP contribution in [0.1, 0.15) is 0 Å². The summed E-state index contributed by atoms with van der Waals surface area (Å²) in [7, 11) is 1.66. The van der Waals surface area contributed by atoms with Crippen molar-refractivity contribution in [2.75, 3.05) is 33.5 Å². The van der Waals surface area contributed by atoms with Crippen LogP contribution in [0, 0.1) is 17.9 Å². The van der Waals surface area contributed by atoms with Crippen LogP contribution in [0.2, 0.25) is 0 Å². The summed E-state index contributed by atoms with van der Waals surface area (Å²) in [5, 5.41) is 0. The minimum atomic E-state index is 0.0150. The molecule has 0 radical (unpaired) electrons. The van der Waals surface area contributed by atoms with Gasteiger partial charge in [0.2, 0.25) is 0 Å². The highest BCUT2D eigenvalue weighted by atomic mass is 16.5. The Balaban J connectivity index is 2.29. The molecular formula is C8H12O3. The highest BCUT2D eigenvalue weighted by Gasteiger charge is 2.39. The fourth-order valence-corrected chi connectivity index (χ4v) is 1.10. The number of methoxy groups -OCH3 is 1. The summed E-state index contributed by atoms with van der Waals surface area (Å²) in [4.78, 5) is 0. The summed E-state index contributed by atoms with van der Waals surface area (Å²) < 4.78 is 14.9. The van der Waals surface area contributed by atoms with Crippen LogP contribution < -0.4 is 0 Å². The molecule has 0 unspecified atom stereocenters. The SMILES string of the molecule is C#COCC1(COC)COC1. The van der Waals surface area contributed by atoms with E-state index in [1.165, 1.54) is 0 Å². The van der Waals surface area contributed by atoms with Crippen LogP contribution >= 0.6 is 0 Å². The third-order valence-electron chi connectivity index (χ3n) is 1.73. The first-order valence-electron chi connectivity index (χ1n) is 3.47. The van der Waals surface area contributed by atoms with E-state index >= 15 is 0 Å². The molecule has 3 heteroatoms. The molecule has 0 bridgehead atoms. The maximum Gasteiger partial charge on any atom is 0.112 e. The maximum absolute atomic E-state index is 5.06. The highest BCUT2D eigenvalue weighted by molar-refractivity contribution is 4.87. The van der Waals surface area contributed by atoms with Gasteiger partial charge in [0.1, 0.15) is 12.7 Å². The second-order valence-electron chi connectivity index (χ2n) is 2.83. The summed E-state index contributed by atoms with van der Waals surface area (Å²) in [5.41, 5.74) is 0.0150. The molecule has 0 aromatic heterocycles. The predicted octanol–water partition coefficient (Wildman–Crippen LogP) is 0.257. The zero-order valence-electron chi connectivity index (χ0n) is 6.63. The molecule has 3 nitrogen and oxygen atoms in total. The smallest absolute Gasteiger partial charge is 0.112 e. The van der Waals surface area contributed by atoms with E-state index in [0.29, 0.717) is 26.4 Å². The average Bonchev–Trinajstić information content (AvgIpc) is 1.95. The van der Waals surface area contributed by atoms with Gasteiger partial charge in [-0.2, -0.15) is 0 Å². The Labute approximate surface area is 66.6 Å². The fraction of sp³-hybridized carbons (Fsp3) is 0.750. The van der Waals surface area contributed by atoms with Crippen molar-refractivity contribution in [1.82, 2.24) is 0 Å². The Morgan fingerprint density at radius 2 is 2.27 bits per heavy atom. The van der Waals surface area contributed by atoms with Crippen molar-refractivity contribution in [2.45, 2.75) is 0 Å². The first-order valence-corrected chi connectivity index (χ1v) is 3.47. The lowest BCUT2D eigenvalue weighted by molar-refractivity contribution is -0.162. The van der Waals surface area contributed by atoms with E-state index < -0.39 is 0 Å². The van der Waals surface area contributed by atoms with Gasteiger partial charge in [-0.15, -0.1) is 0 Å². The highest BCUT2D eigenvalue weighted by Crippen LogP contribution is 2.27. The van der Waals surface area contributed by atoms with Crippen LogP contribution in [0.3, 0.4) is 0 Å². The van der Waals surface area contributed by atoms with Crippen LogP contribution in [-0.4, -0.2) is 33.5 Å². The molecule has 1 saturated heterocycles. The lowest BCUT2D eigenvalue weighted by Gasteiger charge is -2.39. The number of rotatable bonds is 4. The second kappa shape index (κ2) is 3.61. The molecule has 0 atom stereocenters. The predicted molar refractivity (Wildman–Crippen MR) is 39.9 cm³/mol. The summed E-state index contributed by atoms with van der Waals surface area (Å²) in [5.74, 6) is 0. The Kier molecular flexibility index (Phi) is 2.75. The van der Waals surface area contributed by atoms with Gasteiger partial charge in [0.05, 0.1) is 25.2 Å². The quantitative estimate of drug-likeness (QED) is 0.546.